The van der Waals surface area contributed by atoms with Crippen molar-refractivity contribution >= 4 is 11.7 Å². The minimum atomic E-state index is -0.445. The molecule has 6 heteroatoms. The van der Waals surface area contributed by atoms with E-state index in [-0.39, 0.29) is 12.6 Å². The molecular weight excluding hydrogens is 280 g/mol. The molecule has 1 saturated carbocycles. The van der Waals surface area contributed by atoms with E-state index in [9.17, 15) is 9.90 Å². The van der Waals surface area contributed by atoms with Gasteiger partial charge in [0.1, 0.15) is 5.65 Å². The molecule has 6 nitrogen and oxygen atoms in total. The third-order valence-corrected chi connectivity index (χ3v) is 4.42. The van der Waals surface area contributed by atoms with Gasteiger partial charge in [-0.1, -0.05) is 18.9 Å². The van der Waals surface area contributed by atoms with Crippen LogP contribution >= 0.6 is 0 Å². The topological polar surface area (TPSA) is 78.7 Å². The maximum Gasteiger partial charge on any atom is 0.315 e. The van der Waals surface area contributed by atoms with Crippen molar-refractivity contribution in [3.8, 4) is 0 Å². The molecule has 2 heterocycles. The average Bonchev–Trinajstić information content (AvgIpc) is 3.13. The van der Waals surface area contributed by atoms with Crippen LogP contribution in [0.25, 0.3) is 5.65 Å². The summed E-state index contributed by atoms with van der Waals surface area (Å²) in [5.74, 6) is 0. The molecule has 3 rings (SSSR count). The number of aliphatic hydroxyl groups is 1. The lowest BCUT2D eigenvalue weighted by molar-refractivity contribution is 0.162. The Morgan fingerprint density at radius 1 is 1.41 bits per heavy atom. The zero-order valence-corrected chi connectivity index (χ0v) is 12.8. The van der Waals surface area contributed by atoms with Gasteiger partial charge in [-0.3, -0.25) is 0 Å². The van der Waals surface area contributed by atoms with E-state index in [0.29, 0.717) is 6.54 Å². The Morgan fingerprint density at radius 2 is 2.18 bits per heavy atom. The number of pyridine rings is 1. The molecule has 0 radical (unpaired) electrons. The third kappa shape index (κ3) is 2.92. The molecule has 118 valence electrons. The predicted molar refractivity (Wildman–Crippen MR) is 83.6 cm³/mol. The van der Waals surface area contributed by atoms with Gasteiger partial charge in [0, 0.05) is 11.9 Å². The molecule has 3 N–H and O–H groups in total. The third-order valence-electron chi connectivity index (χ3n) is 4.42. The van der Waals surface area contributed by atoms with Gasteiger partial charge in [-0.25, -0.2) is 9.78 Å². The number of carbonyl (C=O) groups excluding carboxylic acids is 1. The molecule has 1 aliphatic carbocycles. The van der Waals surface area contributed by atoms with Crippen LogP contribution in [0.3, 0.4) is 0 Å². The molecule has 0 spiro atoms. The summed E-state index contributed by atoms with van der Waals surface area (Å²) in [4.78, 5) is 16.5. The standard InChI is InChI=1S/C16H22N4O2/c1-12-5-4-6-14-18-13(10-20(12)14)9-17-15(22)19-16(11-21)7-2-3-8-16/h4-6,10,21H,2-3,7-9,11H2,1H3,(H2,17,19,22). The van der Waals surface area contributed by atoms with Crippen molar-refractivity contribution in [2.45, 2.75) is 44.7 Å². The van der Waals surface area contributed by atoms with E-state index >= 15 is 0 Å². The fraction of sp³-hybridized carbons (Fsp3) is 0.500. The summed E-state index contributed by atoms with van der Waals surface area (Å²) in [6.45, 7) is 2.38. The van der Waals surface area contributed by atoms with E-state index in [0.717, 1.165) is 42.7 Å². The van der Waals surface area contributed by atoms with Gasteiger partial charge in [0.05, 0.1) is 24.4 Å². The molecule has 0 atom stereocenters. The number of carbonyl (C=O) groups is 1. The fourth-order valence-corrected chi connectivity index (χ4v) is 3.11. The van der Waals surface area contributed by atoms with Crippen LogP contribution in [-0.4, -0.2) is 32.7 Å². The van der Waals surface area contributed by atoms with E-state index in [2.05, 4.69) is 15.6 Å². The summed E-state index contributed by atoms with van der Waals surface area (Å²) in [5.41, 5.74) is 2.35. The summed E-state index contributed by atoms with van der Waals surface area (Å²) < 4.78 is 2.00. The smallest absolute Gasteiger partial charge is 0.315 e. The van der Waals surface area contributed by atoms with Crippen molar-refractivity contribution in [3.63, 3.8) is 0 Å². The van der Waals surface area contributed by atoms with Crippen LogP contribution < -0.4 is 10.6 Å². The number of amides is 2. The Bertz CT molecular complexity index is 674. The first-order valence-corrected chi connectivity index (χ1v) is 7.72. The van der Waals surface area contributed by atoms with Gasteiger partial charge in [-0.2, -0.15) is 0 Å². The average molecular weight is 302 g/mol. The first-order chi connectivity index (χ1) is 10.6. The maximum atomic E-state index is 12.1. The van der Waals surface area contributed by atoms with E-state index in [1.165, 1.54) is 0 Å². The second kappa shape index (κ2) is 5.96. The van der Waals surface area contributed by atoms with Crippen LogP contribution in [0.2, 0.25) is 0 Å². The van der Waals surface area contributed by atoms with Crippen LogP contribution in [0, 0.1) is 6.92 Å². The second-order valence-electron chi connectivity index (χ2n) is 6.08. The van der Waals surface area contributed by atoms with Crippen LogP contribution in [0.4, 0.5) is 4.79 Å². The van der Waals surface area contributed by atoms with E-state index < -0.39 is 5.54 Å². The van der Waals surface area contributed by atoms with Gasteiger partial charge >= 0.3 is 6.03 Å². The SMILES string of the molecule is Cc1cccc2nc(CNC(=O)NC3(CO)CCCC3)cn12. The van der Waals surface area contributed by atoms with Gasteiger partial charge in [-0.15, -0.1) is 0 Å². The quantitative estimate of drug-likeness (QED) is 0.805. The molecule has 1 fully saturated rings. The Balaban J connectivity index is 1.61. The largest absolute Gasteiger partial charge is 0.394 e. The Morgan fingerprint density at radius 3 is 2.86 bits per heavy atom. The number of aliphatic hydroxyl groups excluding tert-OH is 1. The normalized spacial score (nSPS) is 16.8. The molecule has 2 amide bonds. The minimum absolute atomic E-state index is 0.00597. The van der Waals surface area contributed by atoms with Crippen molar-refractivity contribution < 1.29 is 9.90 Å². The van der Waals surface area contributed by atoms with Crippen LogP contribution in [0.1, 0.15) is 37.1 Å². The van der Waals surface area contributed by atoms with Gasteiger partial charge in [-0.05, 0) is 31.9 Å². The fourth-order valence-electron chi connectivity index (χ4n) is 3.11. The van der Waals surface area contributed by atoms with E-state index in [1.54, 1.807) is 0 Å². The van der Waals surface area contributed by atoms with Crippen LogP contribution in [0.5, 0.6) is 0 Å². The monoisotopic (exact) mass is 302 g/mol. The van der Waals surface area contributed by atoms with Crippen molar-refractivity contribution in [1.29, 1.82) is 0 Å². The van der Waals surface area contributed by atoms with Crippen molar-refractivity contribution in [3.05, 3.63) is 35.8 Å². The van der Waals surface area contributed by atoms with Crippen molar-refractivity contribution in [2.24, 2.45) is 0 Å². The zero-order valence-electron chi connectivity index (χ0n) is 12.8. The molecule has 0 aromatic carbocycles. The zero-order chi connectivity index (χ0) is 15.6. The van der Waals surface area contributed by atoms with Crippen molar-refractivity contribution in [1.82, 2.24) is 20.0 Å². The van der Waals surface area contributed by atoms with Crippen molar-refractivity contribution in [2.75, 3.05) is 6.61 Å². The lowest BCUT2D eigenvalue weighted by Gasteiger charge is -2.27. The van der Waals surface area contributed by atoms with Gasteiger partial charge in [0.15, 0.2) is 0 Å². The number of aromatic nitrogens is 2. The first-order valence-electron chi connectivity index (χ1n) is 7.72. The van der Waals surface area contributed by atoms with Gasteiger partial charge in [0.25, 0.3) is 0 Å². The predicted octanol–water partition coefficient (Wildman–Crippen LogP) is 1.75. The molecule has 0 aliphatic heterocycles. The molecule has 22 heavy (non-hydrogen) atoms. The lowest BCUT2D eigenvalue weighted by Crippen LogP contribution is -2.52. The maximum absolute atomic E-state index is 12.1. The highest BCUT2D eigenvalue weighted by Gasteiger charge is 2.34. The van der Waals surface area contributed by atoms with Crippen LogP contribution in [0.15, 0.2) is 24.4 Å². The van der Waals surface area contributed by atoms with Gasteiger partial charge < -0.3 is 20.1 Å². The number of hydrogen-bond donors (Lipinski definition) is 3. The lowest BCUT2D eigenvalue weighted by atomic mass is 9.99. The highest BCUT2D eigenvalue weighted by Crippen LogP contribution is 2.28. The number of aryl methyl sites for hydroxylation is 1. The number of imidazole rings is 1. The Hall–Kier alpha value is -2.08. The molecule has 2 aromatic rings. The highest BCUT2D eigenvalue weighted by molar-refractivity contribution is 5.74. The molecule has 2 aromatic heterocycles. The Labute approximate surface area is 129 Å². The highest BCUT2D eigenvalue weighted by atomic mass is 16.3. The van der Waals surface area contributed by atoms with E-state index in [4.69, 9.17) is 0 Å². The first kappa shape index (κ1) is 14.8. The van der Waals surface area contributed by atoms with Gasteiger partial charge in [0.2, 0.25) is 0 Å². The molecule has 1 aliphatic rings. The molecular formula is C16H22N4O2. The molecule has 0 bridgehead atoms. The summed E-state index contributed by atoms with van der Waals surface area (Å²) in [5, 5.41) is 15.3. The summed E-state index contributed by atoms with van der Waals surface area (Å²) in [7, 11) is 0. The summed E-state index contributed by atoms with van der Waals surface area (Å²) in [6, 6.07) is 5.68. The molecule has 0 unspecified atom stereocenters. The van der Waals surface area contributed by atoms with Crippen LogP contribution in [-0.2, 0) is 6.54 Å². The summed E-state index contributed by atoms with van der Waals surface area (Å²) >= 11 is 0. The second-order valence-corrected chi connectivity index (χ2v) is 6.08. The van der Waals surface area contributed by atoms with E-state index in [1.807, 2.05) is 35.7 Å². The number of nitrogens with zero attached hydrogens (tertiary/aromatic N) is 2. The number of rotatable bonds is 4. The minimum Gasteiger partial charge on any atom is -0.394 e. The number of hydrogen-bond acceptors (Lipinski definition) is 3. The Kier molecular flexibility index (Phi) is 4.02. The number of nitrogens with one attached hydrogen (secondary N) is 2. The number of fused-ring (bicyclic) bond motifs is 1. The number of urea groups is 1. The molecule has 0 saturated heterocycles. The summed E-state index contributed by atoms with van der Waals surface area (Å²) in [6.07, 6.45) is 5.70.